The Hall–Kier alpha value is -5.97. The highest BCUT2D eigenvalue weighted by molar-refractivity contribution is 5.94. The summed E-state index contributed by atoms with van der Waals surface area (Å²) in [7, 11) is 0. The third kappa shape index (κ3) is 14.1. The van der Waals surface area contributed by atoms with Crippen LogP contribution in [0.15, 0.2) is 121 Å². The Kier molecular flexibility index (Phi) is 16.6. The lowest BCUT2D eigenvalue weighted by Crippen LogP contribution is -2.63. The smallest absolute Gasteiger partial charge is 0.243 e. The Morgan fingerprint density at radius 1 is 0.492 bits per heavy atom. The number of aliphatic hydroxyl groups excluding tert-OH is 3. The van der Waals surface area contributed by atoms with Gasteiger partial charge in [-0.1, -0.05) is 121 Å². The third-order valence-corrected chi connectivity index (χ3v) is 9.92. The molecule has 1 saturated heterocycles. The number of amides is 5. The van der Waals surface area contributed by atoms with Gasteiger partial charge in [-0.15, -0.1) is 0 Å². The molecule has 1 fully saturated rings. The molecule has 1 aliphatic rings. The first kappa shape index (κ1) is 44.1. The lowest BCUT2D eigenvalue weighted by molar-refractivity contribution is -0.133. The molecule has 0 aliphatic carbocycles. The highest BCUT2D eigenvalue weighted by atomic mass is 16.3. The minimum absolute atomic E-state index is 0.0436. The van der Waals surface area contributed by atoms with Crippen molar-refractivity contribution < 1.29 is 39.3 Å². The fraction of sp³-hybridized carbons (Fsp3) is 0.341. The van der Waals surface area contributed by atoms with E-state index in [4.69, 9.17) is 0 Å². The molecule has 4 aromatic carbocycles. The largest absolute Gasteiger partial charge is 0.391 e. The Labute approximate surface area is 343 Å². The van der Waals surface area contributed by atoms with Crippen LogP contribution in [0.25, 0.3) is 0 Å². The minimum Gasteiger partial charge on any atom is -0.391 e. The van der Waals surface area contributed by atoms with Gasteiger partial charge in [0.15, 0.2) is 0 Å². The number of carbonyl (C=O) groups is 5. The van der Waals surface area contributed by atoms with Gasteiger partial charge in [0.05, 0.1) is 37.3 Å². The van der Waals surface area contributed by atoms with Crippen molar-refractivity contribution in [2.24, 2.45) is 0 Å². The van der Waals surface area contributed by atoms with Gasteiger partial charge in [0.1, 0.15) is 24.5 Å². The van der Waals surface area contributed by atoms with Crippen molar-refractivity contribution in [2.45, 2.75) is 81.4 Å². The van der Waals surface area contributed by atoms with Crippen LogP contribution in [0.2, 0.25) is 0 Å². The van der Waals surface area contributed by atoms with Crippen molar-refractivity contribution in [3.05, 3.63) is 144 Å². The minimum atomic E-state index is -1.63. The number of nitrogens with one attached hydrogen (secondary N) is 7. The number of hydrogen-bond acceptors (Lipinski definition) is 10. The third-order valence-electron chi connectivity index (χ3n) is 9.92. The molecular formula is C44H53N7O8. The van der Waals surface area contributed by atoms with E-state index >= 15 is 0 Å². The van der Waals surface area contributed by atoms with Crippen molar-refractivity contribution in [2.75, 3.05) is 13.1 Å². The summed E-state index contributed by atoms with van der Waals surface area (Å²) in [4.78, 5) is 68.4. The molecule has 5 amide bonds. The standard InChI is InChI=1S/C44H53N7O8/c1-28(52)39-44(59)50-36(25-32-20-12-5-13-21-32)43(58)49-34(23-30-16-8-3-9-17-30)40(55)45-26-37(53)47-35(24-31-18-10-4-11-19-31)42(57)48-33(22-29-14-6-2-7-15-29)41(56)46-27-38(54)51-39/h2-21,28,33-36,39,43-44,49-50,52,58-59H,22-27H2,1H3,(H,45,55)(H,46,56)(H,47,53)(H,48,57)(H,51,54)/t28-,33+,34+,35+,36+,39+,43?,44?/m1/s1. The first-order chi connectivity index (χ1) is 28.4. The number of aliphatic hydroxyl groups is 3. The summed E-state index contributed by atoms with van der Waals surface area (Å²) in [5.74, 6) is -3.46. The molecule has 1 heterocycles. The van der Waals surface area contributed by atoms with Crippen LogP contribution in [0.5, 0.6) is 0 Å². The quantitative estimate of drug-likeness (QED) is 0.105. The molecule has 10 N–H and O–H groups in total. The van der Waals surface area contributed by atoms with E-state index in [2.05, 4.69) is 37.2 Å². The zero-order valence-electron chi connectivity index (χ0n) is 32.8. The predicted molar refractivity (Wildman–Crippen MR) is 220 cm³/mol. The molecule has 0 radical (unpaired) electrons. The molecule has 5 rings (SSSR count). The first-order valence-electron chi connectivity index (χ1n) is 19.6. The van der Waals surface area contributed by atoms with E-state index in [-0.39, 0.29) is 25.7 Å². The topological polar surface area (TPSA) is 230 Å². The first-order valence-corrected chi connectivity index (χ1v) is 19.6. The molecule has 0 saturated carbocycles. The normalized spacial score (nSPS) is 24.9. The molecule has 1 aliphatic heterocycles. The zero-order chi connectivity index (χ0) is 42.1. The van der Waals surface area contributed by atoms with Gasteiger partial charge in [-0.2, -0.15) is 0 Å². The van der Waals surface area contributed by atoms with Gasteiger partial charge >= 0.3 is 0 Å². The van der Waals surface area contributed by atoms with Crippen LogP contribution in [0.1, 0.15) is 29.2 Å². The monoisotopic (exact) mass is 807 g/mol. The Morgan fingerprint density at radius 3 is 1.34 bits per heavy atom. The fourth-order valence-corrected chi connectivity index (χ4v) is 6.77. The average Bonchev–Trinajstić information content (AvgIpc) is 3.23. The zero-order valence-corrected chi connectivity index (χ0v) is 32.8. The molecule has 0 bridgehead atoms. The summed E-state index contributed by atoms with van der Waals surface area (Å²) in [6.07, 6.45) is -4.12. The van der Waals surface area contributed by atoms with Gasteiger partial charge in [0.25, 0.3) is 0 Å². The molecule has 15 heteroatoms. The summed E-state index contributed by atoms with van der Waals surface area (Å²) in [5.41, 5.74) is 2.95. The van der Waals surface area contributed by atoms with Crippen molar-refractivity contribution in [1.29, 1.82) is 0 Å². The van der Waals surface area contributed by atoms with Crippen LogP contribution >= 0.6 is 0 Å². The number of benzene rings is 4. The average molecular weight is 808 g/mol. The van der Waals surface area contributed by atoms with E-state index in [1.165, 1.54) is 6.92 Å². The predicted octanol–water partition coefficient (Wildman–Crippen LogP) is -0.408. The molecule has 2 unspecified atom stereocenters. The molecule has 59 heavy (non-hydrogen) atoms. The van der Waals surface area contributed by atoms with Gasteiger partial charge in [-0.25, -0.2) is 0 Å². The SMILES string of the molecule is C[C@@H](O)[C@@H]1NC(=O)CNC(=O)[C@H](Cc2ccccc2)NC(=O)[C@H](Cc2ccccc2)NC(=O)CNC(=O)[C@H](Cc2ccccc2)NC(O)[C@H](Cc2ccccc2)NC1O. The highest BCUT2D eigenvalue weighted by Crippen LogP contribution is 2.12. The van der Waals surface area contributed by atoms with Crippen molar-refractivity contribution in [3.8, 4) is 0 Å². The van der Waals surface area contributed by atoms with E-state index < -0.39 is 91.4 Å². The number of hydrogen-bond donors (Lipinski definition) is 10. The van der Waals surface area contributed by atoms with Crippen molar-refractivity contribution >= 4 is 29.5 Å². The van der Waals surface area contributed by atoms with Gasteiger partial charge < -0.3 is 41.9 Å². The highest BCUT2D eigenvalue weighted by Gasteiger charge is 2.34. The van der Waals surface area contributed by atoms with Crippen LogP contribution in [0.3, 0.4) is 0 Å². The summed E-state index contributed by atoms with van der Waals surface area (Å²) in [6, 6.07) is 30.2. The summed E-state index contributed by atoms with van der Waals surface area (Å²) < 4.78 is 0. The summed E-state index contributed by atoms with van der Waals surface area (Å²) in [6.45, 7) is 0.263. The maximum atomic E-state index is 14.0. The molecule has 0 spiro atoms. The Bertz CT molecular complexity index is 1960. The second kappa shape index (κ2) is 22.3. The fourth-order valence-electron chi connectivity index (χ4n) is 6.77. The lowest BCUT2D eigenvalue weighted by Gasteiger charge is -2.34. The summed E-state index contributed by atoms with van der Waals surface area (Å²) in [5, 5.41) is 52.9. The van der Waals surface area contributed by atoms with Gasteiger partial charge in [0.2, 0.25) is 29.5 Å². The van der Waals surface area contributed by atoms with Crippen LogP contribution < -0.4 is 37.2 Å². The lowest BCUT2D eigenvalue weighted by atomic mass is 10.0. The second-order valence-electron chi connectivity index (χ2n) is 14.6. The van der Waals surface area contributed by atoms with Crippen LogP contribution in [0, 0.1) is 0 Å². The second-order valence-corrected chi connectivity index (χ2v) is 14.6. The molecule has 8 atom stereocenters. The maximum Gasteiger partial charge on any atom is 0.243 e. The molecule has 4 aromatic rings. The van der Waals surface area contributed by atoms with Gasteiger partial charge in [0, 0.05) is 12.8 Å². The van der Waals surface area contributed by atoms with E-state index in [0.717, 1.165) is 16.7 Å². The number of rotatable bonds is 9. The van der Waals surface area contributed by atoms with Crippen LogP contribution in [0.4, 0.5) is 0 Å². The Morgan fingerprint density at radius 2 is 0.881 bits per heavy atom. The molecule has 15 nitrogen and oxygen atoms in total. The number of carbonyl (C=O) groups excluding carboxylic acids is 5. The van der Waals surface area contributed by atoms with E-state index in [0.29, 0.717) is 5.56 Å². The van der Waals surface area contributed by atoms with Crippen LogP contribution in [-0.2, 0) is 49.7 Å². The van der Waals surface area contributed by atoms with E-state index in [9.17, 15) is 39.3 Å². The van der Waals surface area contributed by atoms with Gasteiger partial charge in [-0.3, -0.25) is 34.6 Å². The maximum absolute atomic E-state index is 14.0. The van der Waals surface area contributed by atoms with E-state index in [1.54, 1.807) is 78.9 Å². The van der Waals surface area contributed by atoms with Crippen LogP contribution in [-0.4, -0.2) is 107 Å². The molecule has 0 aromatic heterocycles. The van der Waals surface area contributed by atoms with Crippen molar-refractivity contribution in [1.82, 2.24) is 37.2 Å². The van der Waals surface area contributed by atoms with Gasteiger partial charge in [-0.05, 0) is 42.0 Å². The summed E-state index contributed by atoms with van der Waals surface area (Å²) >= 11 is 0. The van der Waals surface area contributed by atoms with Crippen molar-refractivity contribution in [3.63, 3.8) is 0 Å². The molecule has 312 valence electrons. The Balaban J connectivity index is 1.48. The molecular weight excluding hydrogens is 755 g/mol. The van der Waals surface area contributed by atoms with E-state index in [1.807, 2.05) is 42.5 Å².